The Hall–Kier alpha value is -1.91. The fourth-order valence-corrected chi connectivity index (χ4v) is 4.05. The minimum absolute atomic E-state index is 0.0442. The van der Waals surface area contributed by atoms with E-state index in [9.17, 15) is 4.79 Å². The molecule has 5 heteroatoms. The van der Waals surface area contributed by atoms with Gasteiger partial charge in [-0.1, -0.05) is 19.3 Å². The number of aromatic nitrogens is 3. The molecule has 0 aliphatic heterocycles. The lowest BCUT2D eigenvalue weighted by molar-refractivity contribution is 0.0929. The number of carbonyl (C=O) groups excluding carboxylic acids is 1. The van der Waals surface area contributed by atoms with Gasteiger partial charge in [0.15, 0.2) is 5.65 Å². The van der Waals surface area contributed by atoms with Gasteiger partial charge in [-0.25, -0.2) is 9.67 Å². The Labute approximate surface area is 155 Å². The maximum Gasteiger partial charge on any atom is 0.252 e. The van der Waals surface area contributed by atoms with Gasteiger partial charge >= 0.3 is 0 Å². The van der Waals surface area contributed by atoms with Crippen molar-refractivity contribution < 1.29 is 4.79 Å². The van der Waals surface area contributed by atoms with Gasteiger partial charge in [-0.2, -0.15) is 5.10 Å². The van der Waals surface area contributed by atoms with E-state index in [-0.39, 0.29) is 11.4 Å². The molecule has 2 aromatic rings. The number of aryl methyl sites for hydroxylation is 1. The van der Waals surface area contributed by atoms with Crippen LogP contribution in [0.5, 0.6) is 0 Å². The molecule has 0 bridgehead atoms. The van der Waals surface area contributed by atoms with Crippen LogP contribution in [0, 0.1) is 6.92 Å². The zero-order valence-electron chi connectivity index (χ0n) is 16.4. The molecule has 0 unspecified atom stereocenters. The lowest BCUT2D eigenvalue weighted by Crippen LogP contribution is -2.36. The summed E-state index contributed by atoms with van der Waals surface area (Å²) in [6.45, 7) is 8.38. The maximum atomic E-state index is 13.2. The van der Waals surface area contributed by atoms with E-state index in [0.29, 0.717) is 12.0 Å². The van der Waals surface area contributed by atoms with Crippen LogP contribution in [0.2, 0.25) is 0 Å². The van der Waals surface area contributed by atoms with Gasteiger partial charge in [-0.05, 0) is 59.4 Å². The second kappa shape index (κ2) is 6.36. The molecule has 2 aliphatic rings. The molecule has 1 amide bonds. The molecule has 2 saturated carbocycles. The smallest absolute Gasteiger partial charge is 0.252 e. The highest BCUT2D eigenvalue weighted by molar-refractivity contribution is 6.06. The van der Waals surface area contributed by atoms with Gasteiger partial charge in [0, 0.05) is 17.7 Å². The zero-order chi connectivity index (χ0) is 18.5. The van der Waals surface area contributed by atoms with Gasteiger partial charge < -0.3 is 5.32 Å². The van der Waals surface area contributed by atoms with E-state index >= 15 is 0 Å². The first-order valence-electron chi connectivity index (χ1n) is 10.1. The highest BCUT2D eigenvalue weighted by atomic mass is 16.1. The highest BCUT2D eigenvalue weighted by Gasteiger charge is 2.30. The Balaban J connectivity index is 1.79. The fraction of sp³-hybridized carbons (Fsp3) is 0.667. The molecule has 2 heterocycles. The number of nitrogens with zero attached hydrogens (tertiary/aromatic N) is 3. The van der Waals surface area contributed by atoms with Gasteiger partial charge in [-0.3, -0.25) is 4.79 Å². The third-order valence-electron chi connectivity index (χ3n) is 5.65. The second-order valence-corrected chi connectivity index (χ2v) is 9.04. The van der Waals surface area contributed by atoms with E-state index in [2.05, 4.69) is 26.1 Å². The van der Waals surface area contributed by atoms with E-state index in [0.717, 1.165) is 40.8 Å². The largest absolute Gasteiger partial charge is 0.349 e. The molecule has 2 fully saturated rings. The maximum absolute atomic E-state index is 13.2. The standard InChI is InChI=1S/C21H30N4O/c1-13-18-16(20(26)22-15-8-6-5-7-9-15)12-17(14-10-11-14)23-19(18)25(24-13)21(2,3)4/h12,14-15H,5-11H2,1-4H3,(H,22,26). The van der Waals surface area contributed by atoms with E-state index in [4.69, 9.17) is 10.1 Å². The van der Waals surface area contributed by atoms with Crippen molar-refractivity contribution in [3.63, 3.8) is 0 Å². The molecule has 1 N–H and O–H groups in total. The number of hydrogen-bond acceptors (Lipinski definition) is 3. The fourth-order valence-electron chi connectivity index (χ4n) is 4.05. The minimum atomic E-state index is -0.168. The summed E-state index contributed by atoms with van der Waals surface area (Å²) in [7, 11) is 0. The van der Waals surface area contributed by atoms with Crippen LogP contribution in [0.1, 0.15) is 93.4 Å². The average Bonchev–Trinajstić information content (AvgIpc) is 3.38. The van der Waals surface area contributed by atoms with Crippen molar-refractivity contribution >= 4 is 16.9 Å². The molecular formula is C21H30N4O. The van der Waals surface area contributed by atoms with Crippen LogP contribution in [-0.4, -0.2) is 26.7 Å². The normalized spacial score (nSPS) is 19.1. The Morgan fingerprint density at radius 1 is 1.15 bits per heavy atom. The van der Waals surface area contributed by atoms with Crippen LogP contribution < -0.4 is 5.32 Å². The first-order chi connectivity index (χ1) is 12.3. The van der Waals surface area contributed by atoms with Gasteiger partial charge in [0.05, 0.1) is 22.2 Å². The molecule has 0 radical (unpaired) electrons. The Kier molecular flexibility index (Phi) is 4.28. The van der Waals surface area contributed by atoms with E-state index in [1.807, 2.05) is 17.7 Å². The lowest BCUT2D eigenvalue weighted by atomic mass is 9.95. The second-order valence-electron chi connectivity index (χ2n) is 9.04. The summed E-state index contributed by atoms with van der Waals surface area (Å²) in [5.74, 6) is 0.548. The van der Waals surface area contributed by atoms with Crippen LogP contribution in [0.25, 0.3) is 11.0 Å². The average molecular weight is 354 g/mol. The molecule has 2 aromatic heterocycles. The minimum Gasteiger partial charge on any atom is -0.349 e. The molecule has 26 heavy (non-hydrogen) atoms. The number of rotatable bonds is 3. The van der Waals surface area contributed by atoms with Crippen LogP contribution in [-0.2, 0) is 5.54 Å². The number of hydrogen-bond donors (Lipinski definition) is 1. The van der Waals surface area contributed by atoms with Crippen molar-refractivity contribution in [1.82, 2.24) is 20.1 Å². The third-order valence-corrected chi connectivity index (χ3v) is 5.65. The van der Waals surface area contributed by atoms with Crippen molar-refractivity contribution in [2.75, 3.05) is 0 Å². The molecule has 0 aromatic carbocycles. The highest BCUT2D eigenvalue weighted by Crippen LogP contribution is 2.41. The van der Waals surface area contributed by atoms with Crippen molar-refractivity contribution in [1.29, 1.82) is 0 Å². The predicted molar refractivity (Wildman–Crippen MR) is 104 cm³/mol. The van der Waals surface area contributed by atoms with Crippen molar-refractivity contribution in [3.05, 3.63) is 23.0 Å². The topological polar surface area (TPSA) is 59.8 Å². The van der Waals surface area contributed by atoms with Crippen molar-refractivity contribution in [2.24, 2.45) is 0 Å². The van der Waals surface area contributed by atoms with E-state index < -0.39 is 0 Å². The quantitative estimate of drug-likeness (QED) is 0.887. The molecule has 5 nitrogen and oxygen atoms in total. The summed E-state index contributed by atoms with van der Waals surface area (Å²) in [5, 5.41) is 8.95. The number of pyridine rings is 1. The predicted octanol–water partition coefficient (Wildman–Crippen LogP) is 4.43. The molecule has 0 atom stereocenters. The number of amides is 1. The van der Waals surface area contributed by atoms with Crippen LogP contribution in [0.4, 0.5) is 0 Å². The summed E-state index contributed by atoms with van der Waals surface area (Å²) < 4.78 is 1.99. The Bertz CT molecular complexity index is 836. The molecule has 4 rings (SSSR count). The number of carbonyl (C=O) groups is 1. The third kappa shape index (κ3) is 3.24. The first kappa shape index (κ1) is 17.5. The summed E-state index contributed by atoms with van der Waals surface area (Å²) in [5.41, 5.74) is 3.39. The SMILES string of the molecule is Cc1nn(C(C)(C)C)c2nc(C3CC3)cc(C(=O)NC3CCCCC3)c12. The number of nitrogens with one attached hydrogen (secondary N) is 1. The molecule has 140 valence electrons. The van der Waals surface area contributed by atoms with Gasteiger partial charge in [-0.15, -0.1) is 0 Å². The monoisotopic (exact) mass is 354 g/mol. The zero-order valence-corrected chi connectivity index (χ0v) is 16.4. The summed E-state index contributed by atoms with van der Waals surface area (Å²) in [4.78, 5) is 18.1. The Morgan fingerprint density at radius 2 is 1.85 bits per heavy atom. The number of fused-ring (bicyclic) bond motifs is 1. The lowest BCUT2D eigenvalue weighted by Gasteiger charge is -2.23. The Morgan fingerprint density at radius 3 is 2.46 bits per heavy atom. The summed E-state index contributed by atoms with van der Waals surface area (Å²) in [6.07, 6.45) is 8.24. The van der Waals surface area contributed by atoms with Crippen LogP contribution in [0.15, 0.2) is 6.07 Å². The van der Waals surface area contributed by atoms with Crippen LogP contribution in [0.3, 0.4) is 0 Å². The van der Waals surface area contributed by atoms with Gasteiger partial charge in [0.25, 0.3) is 5.91 Å². The molecule has 0 saturated heterocycles. The van der Waals surface area contributed by atoms with Crippen LogP contribution >= 0.6 is 0 Å². The van der Waals surface area contributed by atoms with Crippen molar-refractivity contribution in [2.45, 2.75) is 90.1 Å². The molecule has 0 spiro atoms. The van der Waals surface area contributed by atoms with Crippen molar-refractivity contribution in [3.8, 4) is 0 Å². The van der Waals surface area contributed by atoms with E-state index in [1.165, 1.54) is 32.1 Å². The van der Waals surface area contributed by atoms with Gasteiger partial charge in [0.1, 0.15) is 0 Å². The van der Waals surface area contributed by atoms with Gasteiger partial charge in [0.2, 0.25) is 0 Å². The van der Waals surface area contributed by atoms with E-state index in [1.54, 1.807) is 0 Å². The summed E-state index contributed by atoms with van der Waals surface area (Å²) >= 11 is 0. The summed E-state index contributed by atoms with van der Waals surface area (Å²) in [6, 6.07) is 2.33. The molecular weight excluding hydrogens is 324 g/mol. The first-order valence-corrected chi connectivity index (χ1v) is 10.1. The molecule has 2 aliphatic carbocycles.